The second-order valence-electron chi connectivity index (χ2n) is 4.77. The first-order valence-corrected chi connectivity index (χ1v) is 7.32. The SMILES string of the molecule is CC.C[C@@H]1CC[C@H](O)CN1C(=O)OCc1ccccc1. The van der Waals surface area contributed by atoms with E-state index in [0.29, 0.717) is 6.54 Å². The van der Waals surface area contributed by atoms with Gasteiger partial charge in [-0.05, 0) is 25.3 Å². The van der Waals surface area contributed by atoms with Crippen molar-refractivity contribution in [3.63, 3.8) is 0 Å². The number of aliphatic hydroxyl groups excluding tert-OH is 1. The van der Waals surface area contributed by atoms with Crippen LogP contribution in [0.3, 0.4) is 0 Å². The predicted octanol–water partition coefficient (Wildman–Crippen LogP) is 3.19. The van der Waals surface area contributed by atoms with Crippen LogP contribution in [-0.2, 0) is 11.3 Å². The molecule has 0 aliphatic carbocycles. The number of nitrogens with zero attached hydrogens (tertiary/aromatic N) is 1. The van der Waals surface area contributed by atoms with Crippen LogP contribution in [0.2, 0.25) is 0 Å². The van der Waals surface area contributed by atoms with Gasteiger partial charge in [-0.25, -0.2) is 4.79 Å². The molecule has 1 N–H and O–H groups in total. The van der Waals surface area contributed by atoms with Gasteiger partial charge in [-0.2, -0.15) is 0 Å². The highest BCUT2D eigenvalue weighted by molar-refractivity contribution is 5.68. The van der Waals surface area contributed by atoms with E-state index < -0.39 is 6.10 Å². The number of amides is 1. The van der Waals surface area contributed by atoms with E-state index in [1.54, 1.807) is 4.90 Å². The van der Waals surface area contributed by atoms with Gasteiger partial charge in [-0.1, -0.05) is 44.2 Å². The topological polar surface area (TPSA) is 49.8 Å². The molecule has 2 atom stereocenters. The molecule has 0 unspecified atom stereocenters. The van der Waals surface area contributed by atoms with Crippen LogP contribution < -0.4 is 0 Å². The Morgan fingerprint density at radius 2 is 1.95 bits per heavy atom. The van der Waals surface area contributed by atoms with Crippen molar-refractivity contribution in [3.05, 3.63) is 35.9 Å². The standard InChI is InChI=1S/C14H19NO3.C2H6/c1-11-7-8-13(16)9-15(11)14(17)18-10-12-5-3-2-4-6-12;1-2/h2-6,11,13,16H,7-10H2,1H3;1-2H3/t11-,13+;/m1./s1. The minimum Gasteiger partial charge on any atom is -0.445 e. The number of carbonyl (C=O) groups is 1. The average Bonchev–Trinajstić information content (AvgIpc) is 2.50. The van der Waals surface area contributed by atoms with Gasteiger partial charge in [-0.3, -0.25) is 0 Å². The van der Waals surface area contributed by atoms with Crippen LogP contribution in [-0.4, -0.2) is 34.8 Å². The highest BCUT2D eigenvalue weighted by atomic mass is 16.6. The van der Waals surface area contributed by atoms with Crippen molar-refractivity contribution >= 4 is 6.09 Å². The Balaban J connectivity index is 0.000000956. The maximum absolute atomic E-state index is 11.9. The van der Waals surface area contributed by atoms with Gasteiger partial charge >= 0.3 is 6.09 Å². The second kappa shape index (κ2) is 8.59. The van der Waals surface area contributed by atoms with E-state index in [1.165, 1.54) is 0 Å². The molecule has 112 valence electrons. The fourth-order valence-electron chi connectivity index (χ4n) is 2.14. The zero-order chi connectivity index (χ0) is 15.0. The van der Waals surface area contributed by atoms with Crippen molar-refractivity contribution in [1.29, 1.82) is 0 Å². The van der Waals surface area contributed by atoms with Gasteiger partial charge in [0.25, 0.3) is 0 Å². The van der Waals surface area contributed by atoms with Crippen molar-refractivity contribution in [2.45, 2.75) is 52.4 Å². The zero-order valence-corrected chi connectivity index (χ0v) is 12.6. The molecule has 0 aromatic heterocycles. The first kappa shape index (κ1) is 16.5. The molecule has 1 aromatic carbocycles. The third-order valence-corrected chi connectivity index (χ3v) is 3.30. The van der Waals surface area contributed by atoms with Crippen molar-refractivity contribution in [2.24, 2.45) is 0 Å². The van der Waals surface area contributed by atoms with Crippen LogP contribution in [0.15, 0.2) is 30.3 Å². The molecule has 4 heteroatoms. The van der Waals surface area contributed by atoms with Gasteiger partial charge in [0.15, 0.2) is 0 Å². The van der Waals surface area contributed by atoms with Gasteiger partial charge in [0.05, 0.1) is 12.6 Å². The lowest BCUT2D eigenvalue weighted by Crippen LogP contribution is -2.47. The van der Waals surface area contributed by atoms with Gasteiger partial charge < -0.3 is 14.7 Å². The summed E-state index contributed by atoms with van der Waals surface area (Å²) in [5.41, 5.74) is 0.969. The van der Waals surface area contributed by atoms with Gasteiger partial charge in [0.1, 0.15) is 6.61 Å². The van der Waals surface area contributed by atoms with Gasteiger partial charge in [0, 0.05) is 6.04 Å². The minimum atomic E-state index is -0.425. The monoisotopic (exact) mass is 279 g/mol. The van der Waals surface area contributed by atoms with Crippen LogP contribution in [0.25, 0.3) is 0 Å². The van der Waals surface area contributed by atoms with Crippen molar-refractivity contribution in [2.75, 3.05) is 6.54 Å². The summed E-state index contributed by atoms with van der Waals surface area (Å²) < 4.78 is 5.26. The van der Waals surface area contributed by atoms with Crippen LogP contribution in [0, 0.1) is 0 Å². The number of hydrogen-bond donors (Lipinski definition) is 1. The van der Waals surface area contributed by atoms with Gasteiger partial charge in [-0.15, -0.1) is 0 Å². The number of rotatable bonds is 2. The van der Waals surface area contributed by atoms with Crippen LogP contribution >= 0.6 is 0 Å². The minimum absolute atomic E-state index is 0.136. The quantitative estimate of drug-likeness (QED) is 0.904. The molecule has 0 saturated carbocycles. The molecule has 0 bridgehead atoms. The predicted molar refractivity (Wildman–Crippen MR) is 79.4 cm³/mol. The molecule has 0 radical (unpaired) electrons. The average molecular weight is 279 g/mol. The molecule has 20 heavy (non-hydrogen) atoms. The molecule has 1 saturated heterocycles. The van der Waals surface area contributed by atoms with Crippen molar-refractivity contribution < 1.29 is 14.6 Å². The number of piperidine rings is 1. The summed E-state index contributed by atoms with van der Waals surface area (Å²) >= 11 is 0. The summed E-state index contributed by atoms with van der Waals surface area (Å²) in [5.74, 6) is 0. The highest BCUT2D eigenvalue weighted by Gasteiger charge is 2.28. The molecule has 1 heterocycles. The molecule has 2 rings (SSSR count). The van der Waals surface area contributed by atoms with E-state index in [0.717, 1.165) is 18.4 Å². The van der Waals surface area contributed by atoms with Crippen LogP contribution in [0.1, 0.15) is 39.2 Å². The molecular formula is C16H25NO3. The molecule has 1 aromatic rings. The molecule has 4 nitrogen and oxygen atoms in total. The molecule has 1 aliphatic rings. The lowest BCUT2D eigenvalue weighted by Gasteiger charge is -2.35. The summed E-state index contributed by atoms with van der Waals surface area (Å²) in [7, 11) is 0. The van der Waals surface area contributed by atoms with E-state index in [4.69, 9.17) is 4.74 Å². The molecular weight excluding hydrogens is 254 g/mol. The largest absolute Gasteiger partial charge is 0.445 e. The zero-order valence-electron chi connectivity index (χ0n) is 12.6. The first-order valence-electron chi connectivity index (χ1n) is 7.32. The highest BCUT2D eigenvalue weighted by Crippen LogP contribution is 2.18. The summed E-state index contributed by atoms with van der Waals surface area (Å²) in [4.78, 5) is 13.5. The number of ether oxygens (including phenoxy) is 1. The molecule has 1 amide bonds. The van der Waals surface area contributed by atoms with E-state index in [-0.39, 0.29) is 18.7 Å². The van der Waals surface area contributed by atoms with Crippen molar-refractivity contribution in [1.82, 2.24) is 4.90 Å². The normalized spacial score (nSPS) is 21.7. The smallest absolute Gasteiger partial charge is 0.410 e. The maximum atomic E-state index is 11.9. The number of aliphatic hydroxyl groups is 1. The summed E-state index contributed by atoms with van der Waals surface area (Å²) in [6.45, 7) is 6.63. The van der Waals surface area contributed by atoms with E-state index in [2.05, 4.69) is 0 Å². The van der Waals surface area contributed by atoms with Gasteiger partial charge in [0.2, 0.25) is 0 Å². The Kier molecular flexibility index (Phi) is 7.09. The third kappa shape index (κ3) is 4.85. The van der Waals surface area contributed by atoms with Crippen LogP contribution in [0.5, 0.6) is 0 Å². The Morgan fingerprint density at radius 3 is 2.60 bits per heavy atom. The number of benzene rings is 1. The first-order chi connectivity index (χ1) is 9.66. The Bertz CT molecular complexity index is 394. The second-order valence-corrected chi connectivity index (χ2v) is 4.77. The Hall–Kier alpha value is -1.55. The lowest BCUT2D eigenvalue weighted by molar-refractivity contribution is 0.0249. The number of likely N-dealkylation sites (tertiary alicyclic amines) is 1. The Labute approximate surface area is 121 Å². The van der Waals surface area contributed by atoms with Crippen LogP contribution in [0.4, 0.5) is 4.79 Å². The fourth-order valence-corrected chi connectivity index (χ4v) is 2.14. The number of carbonyl (C=O) groups excluding carboxylic acids is 1. The molecule has 1 fully saturated rings. The van der Waals surface area contributed by atoms with Crippen molar-refractivity contribution in [3.8, 4) is 0 Å². The summed E-state index contributed by atoms with van der Waals surface area (Å²) in [6, 6.07) is 9.72. The summed E-state index contributed by atoms with van der Waals surface area (Å²) in [5, 5.41) is 9.58. The van der Waals surface area contributed by atoms with E-state index in [1.807, 2.05) is 51.1 Å². The third-order valence-electron chi connectivity index (χ3n) is 3.30. The fraction of sp³-hybridized carbons (Fsp3) is 0.562. The summed E-state index contributed by atoms with van der Waals surface area (Å²) in [6.07, 6.45) is 0.807. The maximum Gasteiger partial charge on any atom is 0.410 e. The van der Waals surface area contributed by atoms with E-state index in [9.17, 15) is 9.90 Å². The lowest BCUT2D eigenvalue weighted by atomic mass is 10.0. The Morgan fingerprint density at radius 1 is 1.30 bits per heavy atom. The molecule has 0 spiro atoms. The molecule has 1 aliphatic heterocycles. The number of β-amino-alcohol motifs (C(OH)–C–C–N with tert-alkyl or cyclic N) is 1. The number of hydrogen-bond acceptors (Lipinski definition) is 3. The van der Waals surface area contributed by atoms with E-state index >= 15 is 0 Å².